The largest absolute Gasteiger partial charge is 0.349 e. The number of rotatable bonds is 1. The first-order valence-electron chi connectivity index (χ1n) is 2.25. The van der Waals surface area contributed by atoms with E-state index in [1.807, 2.05) is 0 Å². The van der Waals surface area contributed by atoms with Gasteiger partial charge in [0.2, 0.25) is 5.91 Å². The van der Waals surface area contributed by atoms with Gasteiger partial charge >= 0.3 is 0 Å². The molecule has 0 aromatic rings. The van der Waals surface area contributed by atoms with Crippen molar-refractivity contribution < 1.29 is 4.79 Å². The smallest absolute Gasteiger partial charge is 0.222 e. The first kappa shape index (κ1) is 4.37. The second-order valence-corrected chi connectivity index (χ2v) is 1.61. The van der Waals surface area contributed by atoms with Gasteiger partial charge in [-0.05, 0) is 0 Å². The minimum atomic E-state index is 0.130. The zero-order valence-corrected chi connectivity index (χ0v) is 3.98. The van der Waals surface area contributed by atoms with Crippen LogP contribution in [-0.4, -0.2) is 11.9 Å². The van der Waals surface area contributed by atoms with Crippen LogP contribution < -0.4 is 5.32 Å². The Balaban J connectivity index is 2.29. The fourth-order valence-electron chi connectivity index (χ4n) is 0.528. The molecule has 1 N–H and O–H groups in total. The molecule has 2 nitrogen and oxygen atoms in total. The third-order valence-corrected chi connectivity index (χ3v) is 1.04. The first-order chi connectivity index (χ1) is 3.33. The monoisotopic (exact) mass is 97.1 g/mol. The van der Waals surface area contributed by atoms with Crippen LogP contribution in [-0.2, 0) is 4.79 Å². The van der Waals surface area contributed by atoms with Crippen molar-refractivity contribution in [3.63, 3.8) is 0 Å². The quantitative estimate of drug-likeness (QED) is 0.364. The van der Waals surface area contributed by atoms with Gasteiger partial charge in [-0.2, -0.15) is 0 Å². The Morgan fingerprint density at radius 3 is 2.71 bits per heavy atom. The van der Waals surface area contributed by atoms with E-state index in [2.05, 4.69) is 11.9 Å². The average molecular weight is 97.1 g/mol. The van der Waals surface area contributed by atoms with E-state index in [1.165, 1.54) is 0 Å². The number of carbonyl (C=O) groups excluding carboxylic acids is 1. The normalized spacial score (nSPS) is 28.0. The van der Waals surface area contributed by atoms with Crippen LogP contribution in [0, 0.1) is 0 Å². The van der Waals surface area contributed by atoms with E-state index < -0.39 is 0 Å². The topological polar surface area (TPSA) is 29.1 Å². The summed E-state index contributed by atoms with van der Waals surface area (Å²) < 4.78 is 0. The molecule has 1 atom stereocenters. The molecule has 1 rings (SSSR count). The highest BCUT2D eigenvalue weighted by Gasteiger charge is 2.20. The molecule has 1 amide bonds. The Morgan fingerprint density at radius 1 is 2.00 bits per heavy atom. The molecule has 0 radical (unpaired) electrons. The molecule has 0 bridgehead atoms. The molecule has 1 saturated heterocycles. The molecule has 1 heterocycles. The predicted molar refractivity (Wildman–Crippen MR) is 26.7 cm³/mol. The van der Waals surface area contributed by atoms with Crippen LogP contribution >= 0.6 is 0 Å². The summed E-state index contributed by atoms with van der Waals surface area (Å²) in [5, 5.41) is 2.64. The van der Waals surface area contributed by atoms with Crippen molar-refractivity contribution in [2.75, 3.05) is 0 Å². The molecule has 2 heteroatoms. The molecule has 1 fully saturated rings. The van der Waals surface area contributed by atoms with E-state index in [0.29, 0.717) is 6.42 Å². The standard InChI is InChI=1S/C5H7NO/c1-2-4-3-5(7)6-4/h2,4H,1,3H2,(H,6,7). The number of hydrogen-bond donors (Lipinski definition) is 1. The summed E-state index contributed by atoms with van der Waals surface area (Å²) in [6, 6.07) is 0.257. The Labute approximate surface area is 42.2 Å². The average Bonchev–Trinajstić information content (AvgIpc) is 1.58. The maximum absolute atomic E-state index is 10.1. The highest BCUT2D eigenvalue weighted by atomic mass is 16.2. The van der Waals surface area contributed by atoms with Gasteiger partial charge < -0.3 is 5.32 Å². The number of hydrogen-bond acceptors (Lipinski definition) is 1. The maximum atomic E-state index is 10.1. The third kappa shape index (κ3) is 0.633. The van der Waals surface area contributed by atoms with E-state index in [1.54, 1.807) is 6.08 Å². The molecular formula is C5H7NO. The second kappa shape index (κ2) is 1.37. The van der Waals surface area contributed by atoms with Crippen molar-refractivity contribution in [2.45, 2.75) is 12.5 Å². The molecule has 0 aromatic carbocycles. The summed E-state index contributed by atoms with van der Waals surface area (Å²) in [5.41, 5.74) is 0. The summed E-state index contributed by atoms with van der Waals surface area (Å²) in [6.45, 7) is 3.50. The molecule has 1 unspecified atom stereocenters. The molecule has 0 aliphatic carbocycles. The number of amides is 1. The summed E-state index contributed by atoms with van der Waals surface area (Å²) in [6.07, 6.45) is 2.37. The SMILES string of the molecule is C=CC1CC(=O)N1. The first-order valence-corrected chi connectivity index (χ1v) is 2.25. The molecule has 7 heavy (non-hydrogen) atoms. The van der Waals surface area contributed by atoms with Gasteiger partial charge in [0.1, 0.15) is 0 Å². The Kier molecular flexibility index (Phi) is 0.855. The summed E-state index contributed by atoms with van der Waals surface area (Å²) in [5.74, 6) is 0.130. The molecule has 0 spiro atoms. The lowest BCUT2D eigenvalue weighted by Gasteiger charge is -2.22. The van der Waals surface area contributed by atoms with Gasteiger partial charge in [-0.25, -0.2) is 0 Å². The summed E-state index contributed by atoms with van der Waals surface area (Å²) in [4.78, 5) is 10.1. The van der Waals surface area contributed by atoms with Crippen LogP contribution in [0.5, 0.6) is 0 Å². The third-order valence-electron chi connectivity index (χ3n) is 1.04. The van der Waals surface area contributed by atoms with Gasteiger partial charge in [0.05, 0.1) is 12.5 Å². The van der Waals surface area contributed by atoms with Crippen molar-refractivity contribution in [3.8, 4) is 0 Å². The minimum absolute atomic E-state index is 0.130. The number of β-lactam (4-membered cyclic amide) rings is 1. The van der Waals surface area contributed by atoms with Crippen molar-refractivity contribution in [2.24, 2.45) is 0 Å². The highest BCUT2D eigenvalue weighted by Crippen LogP contribution is 2.02. The van der Waals surface area contributed by atoms with Crippen LogP contribution in [0.4, 0.5) is 0 Å². The lowest BCUT2D eigenvalue weighted by Crippen LogP contribution is -2.46. The highest BCUT2D eigenvalue weighted by molar-refractivity contribution is 5.83. The number of carbonyl (C=O) groups is 1. The fraction of sp³-hybridized carbons (Fsp3) is 0.400. The lowest BCUT2D eigenvalue weighted by atomic mass is 10.1. The minimum Gasteiger partial charge on any atom is -0.349 e. The van der Waals surface area contributed by atoms with E-state index in [0.717, 1.165) is 0 Å². The van der Waals surface area contributed by atoms with Gasteiger partial charge in [0, 0.05) is 0 Å². The van der Waals surface area contributed by atoms with E-state index in [9.17, 15) is 4.79 Å². The van der Waals surface area contributed by atoms with E-state index in [4.69, 9.17) is 0 Å². The van der Waals surface area contributed by atoms with Crippen molar-refractivity contribution in [3.05, 3.63) is 12.7 Å². The van der Waals surface area contributed by atoms with Gasteiger partial charge in [0.25, 0.3) is 0 Å². The second-order valence-electron chi connectivity index (χ2n) is 1.61. The Bertz CT molecular complexity index is 101. The molecule has 1 aliphatic rings. The lowest BCUT2D eigenvalue weighted by molar-refractivity contribution is -0.127. The van der Waals surface area contributed by atoms with E-state index in [-0.39, 0.29) is 11.9 Å². The molecule has 38 valence electrons. The fourth-order valence-corrected chi connectivity index (χ4v) is 0.528. The van der Waals surface area contributed by atoms with Crippen molar-refractivity contribution in [1.29, 1.82) is 0 Å². The van der Waals surface area contributed by atoms with Crippen molar-refractivity contribution in [1.82, 2.24) is 5.32 Å². The van der Waals surface area contributed by atoms with Gasteiger partial charge in [-0.15, -0.1) is 6.58 Å². The summed E-state index contributed by atoms with van der Waals surface area (Å²) in [7, 11) is 0. The Hall–Kier alpha value is -0.790. The van der Waals surface area contributed by atoms with Crippen LogP contribution in [0.3, 0.4) is 0 Å². The molecule has 0 aromatic heterocycles. The number of nitrogens with one attached hydrogen (secondary N) is 1. The van der Waals surface area contributed by atoms with E-state index >= 15 is 0 Å². The molecule has 0 saturated carbocycles. The van der Waals surface area contributed by atoms with Crippen LogP contribution in [0.15, 0.2) is 12.7 Å². The molecule has 1 aliphatic heterocycles. The van der Waals surface area contributed by atoms with Gasteiger partial charge in [0.15, 0.2) is 0 Å². The maximum Gasteiger partial charge on any atom is 0.222 e. The van der Waals surface area contributed by atoms with Crippen LogP contribution in [0.1, 0.15) is 6.42 Å². The zero-order valence-electron chi connectivity index (χ0n) is 3.98. The van der Waals surface area contributed by atoms with Gasteiger partial charge in [-0.1, -0.05) is 6.08 Å². The summed E-state index contributed by atoms with van der Waals surface area (Å²) >= 11 is 0. The Morgan fingerprint density at radius 2 is 2.57 bits per heavy atom. The zero-order chi connectivity index (χ0) is 5.28. The van der Waals surface area contributed by atoms with Crippen LogP contribution in [0.2, 0.25) is 0 Å². The van der Waals surface area contributed by atoms with Crippen molar-refractivity contribution >= 4 is 5.91 Å². The predicted octanol–water partition coefficient (Wildman–Crippen LogP) is 0.0609. The molecular weight excluding hydrogens is 90.1 g/mol. The van der Waals surface area contributed by atoms with Crippen LogP contribution in [0.25, 0.3) is 0 Å². The van der Waals surface area contributed by atoms with Gasteiger partial charge in [-0.3, -0.25) is 4.79 Å².